The summed E-state index contributed by atoms with van der Waals surface area (Å²) in [5.41, 5.74) is 7.33. The van der Waals surface area contributed by atoms with E-state index >= 15 is 0 Å². The molecule has 0 radical (unpaired) electrons. The fraction of sp³-hybridized carbons (Fsp3) is 0.0870. The molecule has 0 atom stereocenters. The SMILES string of the molecule is C=C/C=C(\C=C/C)N(c1ccc(C#N)cc1)c1ccc2ccc3c(N(c4ccc(C#N)cc4)c4cc[c]([Ge]([CH3])([CH3])[CH3])cc4)ccc4ccc1c2c43. The number of benzene rings is 7. The summed E-state index contributed by atoms with van der Waals surface area (Å²) < 4.78 is 1.45. The van der Waals surface area contributed by atoms with Crippen LogP contribution in [0.15, 0.2) is 158 Å². The van der Waals surface area contributed by atoms with Crippen LogP contribution in [0, 0.1) is 22.7 Å². The Kier molecular flexibility index (Phi) is 8.96. The van der Waals surface area contributed by atoms with Gasteiger partial charge in [-0.25, -0.2) is 0 Å². The van der Waals surface area contributed by atoms with Crippen molar-refractivity contribution in [2.75, 3.05) is 9.80 Å². The van der Waals surface area contributed by atoms with Gasteiger partial charge in [-0.3, -0.25) is 0 Å². The van der Waals surface area contributed by atoms with Crippen molar-refractivity contribution < 1.29 is 0 Å². The Labute approximate surface area is 302 Å². The van der Waals surface area contributed by atoms with Gasteiger partial charge in [0.2, 0.25) is 0 Å². The summed E-state index contributed by atoms with van der Waals surface area (Å²) in [6, 6.07) is 46.9. The van der Waals surface area contributed by atoms with Gasteiger partial charge in [0.25, 0.3) is 0 Å². The van der Waals surface area contributed by atoms with Gasteiger partial charge in [-0.2, -0.15) is 5.26 Å². The Hall–Kier alpha value is -6.08. The monoisotopic (exact) mass is 720 g/mol. The number of nitriles is 2. The van der Waals surface area contributed by atoms with Crippen LogP contribution in [0.2, 0.25) is 17.3 Å². The quantitative estimate of drug-likeness (QED) is 0.0847. The summed E-state index contributed by atoms with van der Waals surface area (Å²) in [7, 11) is 0. The van der Waals surface area contributed by atoms with E-state index in [1.807, 2.05) is 73.7 Å². The molecule has 0 amide bonds. The van der Waals surface area contributed by atoms with Gasteiger partial charge in [0.05, 0.1) is 11.6 Å². The van der Waals surface area contributed by atoms with Crippen molar-refractivity contribution in [1.82, 2.24) is 0 Å². The zero-order chi connectivity index (χ0) is 35.7. The second kappa shape index (κ2) is 13.7. The predicted octanol–water partition coefficient (Wildman–Crippen LogP) is 12.1. The molecule has 0 aliphatic carbocycles. The van der Waals surface area contributed by atoms with Gasteiger partial charge in [0.1, 0.15) is 0 Å². The third-order valence-corrected chi connectivity index (χ3v) is 13.8. The van der Waals surface area contributed by atoms with Crippen LogP contribution in [0.4, 0.5) is 28.4 Å². The zero-order valence-electron chi connectivity index (χ0n) is 29.4. The van der Waals surface area contributed by atoms with Crippen molar-refractivity contribution in [3.8, 4) is 12.1 Å². The second-order valence-electron chi connectivity index (χ2n) is 13.7. The molecule has 0 spiro atoms. The van der Waals surface area contributed by atoms with E-state index in [1.165, 1.54) is 20.6 Å². The molecule has 5 heteroatoms. The molecule has 0 unspecified atom stereocenters. The molecule has 4 nitrogen and oxygen atoms in total. The number of allylic oxidation sites excluding steroid dienone is 4. The Morgan fingerprint density at radius 2 is 1.08 bits per heavy atom. The Bertz CT molecular complexity index is 2540. The molecule has 51 heavy (non-hydrogen) atoms. The molecule has 0 aliphatic heterocycles. The molecule has 7 rings (SSSR count). The number of hydrogen-bond donors (Lipinski definition) is 0. The fourth-order valence-corrected chi connectivity index (χ4v) is 9.44. The first kappa shape index (κ1) is 33.4. The number of rotatable bonds is 9. The minimum absolute atomic E-state index is 0.615. The van der Waals surface area contributed by atoms with Crippen LogP contribution in [0.1, 0.15) is 18.1 Å². The predicted molar refractivity (Wildman–Crippen MR) is 219 cm³/mol. The summed E-state index contributed by atoms with van der Waals surface area (Å²) in [6.45, 7) is 6.03. The van der Waals surface area contributed by atoms with E-state index in [0.29, 0.717) is 11.1 Å². The van der Waals surface area contributed by atoms with Gasteiger partial charge in [0, 0.05) is 11.4 Å². The number of hydrogen-bond acceptors (Lipinski definition) is 4. The maximum absolute atomic E-state index is 9.57. The normalized spacial score (nSPS) is 12.0. The van der Waals surface area contributed by atoms with Crippen molar-refractivity contribution in [2.45, 2.75) is 24.2 Å². The van der Waals surface area contributed by atoms with Crippen LogP contribution in [-0.2, 0) is 0 Å². The van der Waals surface area contributed by atoms with Gasteiger partial charge >= 0.3 is 214 Å². The molecule has 7 aromatic carbocycles. The average Bonchev–Trinajstić information content (AvgIpc) is 3.15. The van der Waals surface area contributed by atoms with Gasteiger partial charge in [-0.05, 0) is 43.3 Å². The summed E-state index contributed by atoms with van der Waals surface area (Å²) in [5, 5.41) is 26.1. The molecule has 0 bridgehead atoms. The van der Waals surface area contributed by atoms with E-state index < -0.39 is 13.3 Å². The van der Waals surface area contributed by atoms with Crippen molar-refractivity contribution in [3.63, 3.8) is 0 Å². The van der Waals surface area contributed by atoms with Crippen molar-refractivity contribution in [1.29, 1.82) is 10.5 Å². The molecule has 0 heterocycles. The molecule has 0 saturated carbocycles. The van der Waals surface area contributed by atoms with Crippen LogP contribution in [0.3, 0.4) is 0 Å². The molecular weight excluding hydrogens is 681 g/mol. The third kappa shape index (κ3) is 6.16. The van der Waals surface area contributed by atoms with Crippen LogP contribution in [-0.4, -0.2) is 13.3 Å². The third-order valence-electron chi connectivity index (χ3n) is 9.49. The molecule has 0 aromatic heterocycles. The Morgan fingerprint density at radius 3 is 1.57 bits per heavy atom. The van der Waals surface area contributed by atoms with E-state index in [0.717, 1.165) is 50.3 Å². The topological polar surface area (TPSA) is 54.1 Å². The first-order valence-electron chi connectivity index (χ1n) is 17.1. The van der Waals surface area contributed by atoms with Crippen LogP contribution in [0.5, 0.6) is 0 Å². The average molecular weight is 719 g/mol. The summed E-state index contributed by atoms with van der Waals surface area (Å²) in [5.74, 6) is 7.25. The van der Waals surface area contributed by atoms with Gasteiger partial charge in [0.15, 0.2) is 0 Å². The second-order valence-corrected chi connectivity index (χ2v) is 24.4. The Balaban J connectivity index is 1.50. The zero-order valence-corrected chi connectivity index (χ0v) is 31.5. The molecule has 0 fully saturated rings. The summed E-state index contributed by atoms with van der Waals surface area (Å²) in [4.78, 5) is 4.55. The van der Waals surface area contributed by atoms with E-state index in [4.69, 9.17) is 0 Å². The van der Waals surface area contributed by atoms with Gasteiger partial charge in [-0.15, -0.1) is 0 Å². The van der Waals surface area contributed by atoms with E-state index in [1.54, 1.807) is 0 Å². The first-order valence-corrected chi connectivity index (χ1v) is 24.5. The van der Waals surface area contributed by atoms with Crippen molar-refractivity contribution in [3.05, 3.63) is 169 Å². The van der Waals surface area contributed by atoms with Gasteiger partial charge < -0.3 is 0 Å². The summed E-state index contributed by atoms with van der Waals surface area (Å²) in [6.07, 6.45) is 7.93. The molecule has 246 valence electrons. The van der Waals surface area contributed by atoms with E-state index in [9.17, 15) is 10.5 Å². The van der Waals surface area contributed by atoms with Crippen molar-refractivity contribution in [2.24, 2.45) is 0 Å². The number of anilines is 5. The minimum atomic E-state index is -2.03. The van der Waals surface area contributed by atoms with Crippen LogP contribution >= 0.6 is 0 Å². The van der Waals surface area contributed by atoms with E-state index in [-0.39, 0.29) is 0 Å². The Morgan fingerprint density at radius 1 is 0.608 bits per heavy atom. The standard InChI is InChI=1S/C46H38GeN4/c1-6-8-37(9-7-2)50(38-20-10-32(30-48)11-21-38)43-28-16-34-15-27-42-44(29-17-35-14-26-41(43)45(34)46(35)42)51(39-22-12-33(31-49)13-23-39)40-24-18-36(19-25-40)47(3,4)5/h6-29H,1H2,2-5H3/b9-7-,37-8+. The van der Waals surface area contributed by atoms with Gasteiger partial charge in [-0.1, -0.05) is 18.7 Å². The van der Waals surface area contributed by atoms with Crippen LogP contribution < -0.4 is 14.2 Å². The molecule has 7 aromatic rings. The van der Waals surface area contributed by atoms with Crippen LogP contribution in [0.25, 0.3) is 32.3 Å². The van der Waals surface area contributed by atoms with Crippen molar-refractivity contribution >= 4 is 78.4 Å². The molecular formula is C46H38GeN4. The molecule has 0 saturated heterocycles. The fourth-order valence-electron chi connectivity index (χ4n) is 6.99. The molecule has 0 N–H and O–H groups in total. The maximum atomic E-state index is 9.57. The molecule has 0 aliphatic rings. The first-order chi connectivity index (χ1) is 24.7. The van der Waals surface area contributed by atoms with E-state index in [2.05, 4.69) is 125 Å². The summed E-state index contributed by atoms with van der Waals surface area (Å²) >= 11 is -2.03. The number of nitrogens with zero attached hydrogens (tertiary/aromatic N) is 4.